The van der Waals surface area contributed by atoms with E-state index in [0.717, 1.165) is 60.3 Å². The zero-order chi connectivity index (χ0) is 23.9. The maximum atomic E-state index is 13.3. The number of nitrogens with one attached hydrogen (secondary N) is 3. The number of aromatic nitrogens is 4. The highest BCUT2D eigenvalue weighted by molar-refractivity contribution is 5.77. The molecule has 0 saturated heterocycles. The molecule has 0 bridgehead atoms. The summed E-state index contributed by atoms with van der Waals surface area (Å²) in [4.78, 5) is 24.0. The number of fused-ring (bicyclic) bond motifs is 2. The predicted molar refractivity (Wildman–Crippen MR) is 139 cm³/mol. The summed E-state index contributed by atoms with van der Waals surface area (Å²) in [6, 6.07) is 14.8. The van der Waals surface area contributed by atoms with Crippen LogP contribution in [0, 0.1) is 11.3 Å². The van der Waals surface area contributed by atoms with Crippen LogP contribution in [0.25, 0.3) is 16.7 Å². The van der Waals surface area contributed by atoms with Crippen LogP contribution in [0.4, 0.5) is 5.82 Å². The summed E-state index contributed by atoms with van der Waals surface area (Å²) in [6.07, 6.45) is 6.90. The number of aryl methyl sites for hydroxylation is 1. The first-order chi connectivity index (χ1) is 16.3. The molecular formula is C28H35N5O. The van der Waals surface area contributed by atoms with E-state index in [2.05, 4.69) is 72.2 Å². The van der Waals surface area contributed by atoms with E-state index in [0.29, 0.717) is 5.92 Å². The third kappa shape index (κ3) is 4.54. The molecular weight excluding hydrogens is 422 g/mol. The fourth-order valence-corrected chi connectivity index (χ4v) is 5.64. The van der Waals surface area contributed by atoms with Gasteiger partial charge in [0.15, 0.2) is 0 Å². The molecule has 1 aliphatic rings. The Balaban J connectivity index is 1.56. The molecule has 34 heavy (non-hydrogen) atoms. The Morgan fingerprint density at radius 1 is 1.21 bits per heavy atom. The van der Waals surface area contributed by atoms with Gasteiger partial charge in [0.25, 0.3) is 0 Å². The van der Waals surface area contributed by atoms with Crippen molar-refractivity contribution < 1.29 is 0 Å². The van der Waals surface area contributed by atoms with Gasteiger partial charge in [-0.1, -0.05) is 52.0 Å². The zero-order valence-electron chi connectivity index (χ0n) is 20.6. The van der Waals surface area contributed by atoms with Gasteiger partial charge < -0.3 is 10.3 Å². The number of aromatic amines is 2. The monoisotopic (exact) mass is 457 g/mol. The molecule has 2 heterocycles. The Morgan fingerprint density at radius 3 is 2.85 bits per heavy atom. The zero-order valence-corrected chi connectivity index (χ0v) is 20.6. The predicted octanol–water partition coefficient (Wildman–Crippen LogP) is 6.15. The molecule has 0 aliphatic heterocycles. The first-order valence-corrected chi connectivity index (χ1v) is 12.4. The Morgan fingerprint density at radius 2 is 2.03 bits per heavy atom. The van der Waals surface area contributed by atoms with Gasteiger partial charge in [0.05, 0.1) is 34.8 Å². The maximum Gasteiger partial charge on any atom is 0.331 e. The minimum atomic E-state index is -0.108. The second-order valence-electron chi connectivity index (χ2n) is 11.1. The molecule has 0 amide bonds. The van der Waals surface area contributed by atoms with E-state index in [1.54, 1.807) is 6.33 Å². The molecule has 5 rings (SSSR count). The molecule has 1 aliphatic carbocycles. The first kappa shape index (κ1) is 22.5. The SMILES string of the molecule is CC(Cc1c(NC2CCCc3ccccc32)[nH]c(=O)n1-c1ccc2nc[nH]c2c1)CC(C)(C)C. The summed E-state index contributed by atoms with van der Waals surface area (Å²) < 4.78 is 1.84. The normalized spacial score (nSPS) is 17.0. The number of anilines is 1. The second kappa shape index (κ2) is 8.82. The van der Waals surface area contributed by atoms with Crippen LogP contribution in [0.15, 0.2) is 53.6 Å². The average molecular weight is 458 g/mol. The molecule has 0 fully saturated rings. The number of nitrogens with zero attached hydrogens (tertiary/aromatic N) is 2. The molecule has 2 aromatic heterocycles. The maximum absolute atomic E-state index is 13.3. The number of H-pyrrole nitrogens is 2. The summed E-state index contributed by atoms with van der Waals surface area (Å²) in [6.45, 7) is 9.11. The van der Waals surface area contributed by atoms with Gasteiger partial charge in [-0.2, -0.15) is 0 Å². The fraction of sp³-hybridized carbons (Fsp3) is 0.429. The van der Waals surface area contributed by atoms with Crippen LogP contribution in [0.2, 0.25) is 0 Å². The molecule has 2 atom stereocenters. The Bertz CT molecular complexity index is 1350. The highest BCUT2D eigenvalue weighted by atomic mass is 16.1. The lowest BCUT2D eigenvalue weighted by molar-refractivity contribution is 0.304. The van der Waals surface area contributed by atoms with E-state index in [-0.39, 0.29) is 17.1 Å². The van der Waals surface area contributed by atoms with Gasteiger partial charge in [-0.3, -0.25) is 9.55 Å². The molecule has 4 aromatic rings. The number of benzene rings is 2. The van der Waals surface area contributed by atoms with Crippen LogP contribution in [-0.4, -0.2) is 19.5 Å². The summed E-state index contributed by atoms with van der Waals surface area (Å²) in [5, 5.41) is 3.74. The lowest BCUT2D eigenvalue weighted by atomic mass is 9.83. The molecule has 3 N–H and O–H groups in total. The van der Waals surface area contributed by atoms with E-state index in [4.69, 9.17) is 0 Å². The summed E-state index contributed by atoms with van der Waals surface area (Å²) >= 11 is 0. The van der Waals surface area contributed by atoms with Gasteiger partial charge >= 0.3 is 5.69 Å². The van der Waals surface area contributed by atoms with Crippen molar-refractivity contribution in [2.75, 3.05) is 5.32 Å². The van der Waals surface area contributed by atoms with Crippen molar-refractivity contribution in [2.24, 2.45) is 11.3 Å². The molecule has 2 aromatic carbocycles. The summed E-state index contributed by atoms with van der Waals surface area (Å²) in [7, 11) is 0. The number of rotatable bonds is 6. The van der Waals surface area contributed by atoms with Crippen molar-refractivity contribution >= 4 is 16.9 Å². The molecule has 0 radical (unpaired) electrons. The smallest absolute Gasteiger partial charge is 0.331 e. The lowest BCUT2D eigenvalue weighted by Gasteiger charge is -2.28. The van der Waals surface area contributed by atoms with E-state index in [1.807, 2.05) is 22.8 Å². The van der Waals surface area contributed by atoms with Gasteiger partial charge in [-0.25, -0.2) is 9.78 Å². The van der Waals surface area contributed by atoms with Gasteiger partial charge in [0.1, 0.15) is 5.82 Å². The van der Waals surface area contributed by atoms with Crippen LogP contribution in [0.5, 0.6) is 0 Å². The Hall–Kier alpha value is -3.28. The summed E-state index contributed by atoms with van der Waals surface area (Å²) in [5.74, 6) is 1.27. The largest absolute Gasteiger partial charge is 0.363 e. The van der Waals surface area contributed by atoms with Crippen molar-refractivity contribution in [3.05, 3.63) is 76.1 Å². The van der Waals surface area contributed by atoms with E-state index < -0.39 is 0 Å². The Kier molecular flexibility index (Phi) is 5.84. The minimum absolute atomic E-state index is 0.108. The highest BCUT2D eigenvalue weighted by Crippen LogP contribution is 2.34. The molecule has 6 nitrogen and oxygen atoms in total. The molecule has 178 valence electrons. The third-order valence-corrected chi connectivity index (χ3v) is 6.85. The third-order valence-electron chi connectivity index (χ3n) is 6.85. The van der Waals surface area contributed by atoms with Crippen molar-refractivity contribution in [2.45, 2.75) is 65.8 Å². The molecule has 2 unspecified atom stereocenters. The number of hydrogen-bond acceptors (Lipinski definition) is 3. The fourth-order valence-electron chi connectivity index (χ4n) is 5.64. The second-order valence-corrected chi connectivity index (χ2v) is 11.1. The van der Waals surface area contributed by atoms with Gasteiger partial charge in [-0.05, 0) is 72.8 Å². The van der Waals surface area contributed by atoms with Gasteiger partial charge in [0.2, 0.25) is 0 Å². The standard InChI is InChI=1S/C28H35N5O/c1-18(16-28(2,3)4)14-25-26(31-22-11-7-9-19-8-5-6-10-21(19)22)32-27(34)33(25)20-12-13-23-24(15-20)30-17-29-23/h5-6,8,10,12-13,15,17-18,22,31H,7,9,11,14,16H2,1-4H3,(H,29,30)(H,32,34). The number of imidazole rings is 2. The van der Waals surface area contributed by atoms with E-state index in [1.165, 1.54) is 11.1 Å². The Labute approximate surface area is 200 Å². The lowest BCUT2D eigenvalue weighted by Crippen LogP contribution is -2.20. The van der Waals surface area contributed by atoms with E-state index >= 15 is 0 Å². The van der Waals surface area contributed by atoms with Crippen molar-refractivity contribution in [3.8, 4) is 5.69 Å². The van der Waals surface area contributed by atoms with Crippen LogP contribution in [-0.2, 0) is 12.8 Å². The molecule has 6 heteroatoms. The van der Waals surface area contributed by atoms with Crippen molar-refractivity contribution in [3.63, 3.8) is 0 Å². The first-order valence-electron chi connectivity index (χ1n) is 12.4. The highest BCUT2D eigenvalue weighted by Gasteiger charge is 2.25. The van der Waals surface area contributed by atoms with Gasteiger partial charge in [-0.15, -0.1) is 0 Å². The van der Waals surface area contributed by atoms with E-state index in [9.17, 15) is 4.79 Å². The van der Waals surface area contributed by atoms with Crippen molar-refractivity contribution in [1.82, 2.24) is 19.5 Å². The van der Waals surface area contributed by atoms with Crippen LogP contribution in [0.3, 0.4) is 0 Å². The average Bonchev–Trinajstić information content (AvgIpc) is 3.36. The van der Waals surface area contributed by atoms with Gasteiger partial charge in [0, 0.05) is 0 Å². The van der Waals surface area contributed by atoms with Crippen LogP contribution >= 0.6 is 0 Å². The van der Waals surface area contributed by atoms with Crippen molar-refractivity contribution in [1.29, 1.82) is 0 Å². The molecule has 0 spiro atoms. The van der Waals surface area contributed by atoms with Crippen LogP contribution in [0.1, 0.15) is 69.8 Å². The topological polar surface area (TPSA) is 78.5 Å². The minimum Gasteiger partial charge on any atom is -0.363 e. The summed E-state index contributed by atoms with van der Waals surface area (Å²) in [5.41, 5.74) is 6.56. The molecule has 0 saturated carbocycles. The number of hydrogen-bond donors (Lipinski definition) is 3. The quantitative estimate of drug-likeness (QED) is 0.325. The van der Waals surface area contributed by atoms with Crippen LogP contribution < -0.4 is 11.0 Å².